The van der Waals surface area contributed by atoms with Gasteiger partial charge in [-0.25, -0.2) is 0 Å². The number of hydrogen-bond donors (Lipinski definition) is 1. The first-order valence-electron chi connectivity index (χ1n) is 15.5. The highest BCUT2D eigenvalue weighted by Gasteiger charge is 2.67. The number of rotatable bonds is 8. The number of hydrogen-bond acceptors (Lipinski definition) is 6. The van der Waals surface area contributed by atoms with Gasteiger partial charge in [0.1, 0.15) is 6.10 Å². The third-order valence-corrected chi connectivity index (χ3v) is 11.8. The normalized spacial score (nSPS) is 44.8. The summed E-state index contributed by atoms with van der Waals surface area (Å²) in [7, 11) is 0. The zero-order valence-electron chi connectivity index (χ0n) is 24.2. The summed E-state index contributed by atoms with van der Waals surface area (Å²) in [4.78, 5) is 15.8. The molecule has 0 unspecified atom stereocenters. The van der Waals surface area contributed by atoms with E-state index in [1.54, 1.807) is 0 Å². The van der Waals surface area contributed by atoms with E-state index < -0.39 is 5.79 Å². The number of fused-ring (bicyclic) bond motifs is 5. The van der Waals surface area contributed by atoms with Crippen LogP contribution in [0.1, 0.15) is 98.8 Å². The smallest absolute Gasteiger partial charge is 0.320 e. The predicted octanol–water partition coefficient (Wildman–Crippen LogP) is 5.41. The molecule has 6 nitrogen and oxygen atoms in total. The van der Waals surface area contributed by atoms with Gasteiger partial charge >= 0.3 is 5.97 Å². The molecule has 212 valence electrons. The fourth-order valence-electron chi connectivity index (χ4n) is 10.3. The van der Waals surface area contributed by atoms with E-state index in [0.29, 0.717) is 49.3 Å². The molecule has 37 heavy (non-hydrogen) atoms. The van der Waals surface area contributed by atoms with Crippen LogP contribution in [0.15, 0.2) is 0 Å². The van der Waals surface area contributed by atoms with Gasteiger partial charge in [0.25, 0.3) is 0 Å². The number of aliphatic hydroxyl groups is 1. The van der Waals surface area contributed by atoms with Gasteiger partial charge in [-0.2, -0.15) is 0 Å². The molecule has 1 saturated heterocycles. The van der Waals surface area contributed by atoms with Crippen LogP contribution in [0, 0.1) is 40.4 Å². The van der Waals surface area contributed by atoms with Crippen LogP contribution in [0.5, 0.6) is 0 Å². The average Bonchev–Trinajstić information content (AvgIpc) is 3.43. The second-order valence-corrected chi connectivity index (χ2v) is 13.9. The van der Waals surface area contributed by atoms with Crippen molar-refractivity contribution in [1.82, 2.24) is 4.90 Å². The van der Waals surface area contributed by atoms with Crippen molar-refractivity contribution in [2.24, 2.45) is 40.4 Å². The monoisotopic (exact) mass is 519 g/mol. The summed E-state index contributed by atoms with van der Waals surface area (Å²) in [6.45, 7) is 15.0. The summed E-state index contributed by atoms with van der Waals surface area (Å²) in [5.41, 5.74) is 0.165. The molecule has 5 rings (SSSR count). The number of nitrogens with zero attached hydrogens (tertiary/aromatic N) is 1. The largest absolute Gasteiger partial charge is 0.461 e. The zero-order chi connectivity index (χ0) is 26.4. The van der Waals surface area contributed by atoms with Crippen LogP contribution in [0.4, 0.5) is 0 Å². The molecule has 0 aromatic rings. The van der Waals surface area contributed by atoms with Crippen LogP contribution in [0.25, 0.3) is 0 Å². The van der Waals surface area contributed by atoms with Crippen molar-refractivity contribution in [3.8, 4) is 0 Å². The second-order valence-electron chi connectivity index (χ2n) is 13.9. The van der Waals surface area contributed by atoms with Crippen molar-refractivity contribution in [1.29, 1.82) is 0 Å². The number of esters is 1. The topological polar surface area (TPSA) is 68.2 Å². The van der Waals surface area contributed by atoms with E-state index in [4.69, 9.17) is 14.2 Å². The minimum absolute atomic E-state index is 0.0368. The van der Waals surface area contributed by atoms with Crippen molar-refractivity contribution in [3.63, 3.8) is 0 Å². The molecule has 4 saturated carbocycles. The highest BCUT2D eigenvalue weighted by atomic mass is 16.7. The van der Waals surface area contributed by atoms with Gasteiger partial charge < -0.3 is 19.3 Å². The SMILES string of the molecule is CCCN(CCC)CC(=O)O[C@H]1C[C@]2(C)[C@@H](C3(C)OCCO3)CC[C@H]2[C@@H]2CC[C@H]3C[C@H](O)CC[C@]3(C)[C@H]21. The van der Waals surface area contributed by atoms with Crippen LogP contribution >= 0.6 is 0 Å². The van der Waals surface area contributed by atoms with Gasteiger partial charge in [-0.3, -0.25) is 9.69 Å². The first-order valence-corrected chi connectivity index (χ1v) is 15.5. The lowest BCUT2D eigenvalue weighted by Gasteiger charge is -2.63. The Bertz CT molecular complexity index is 807. The molecular weight excluding hydrogens is 466 g/mol. The Balaban J connectivity index is 1.44. The molecule has 0 aromatic carbocycles. The predicted molar refractivity (Wildman–Crippen MR) is 144 cm³/mol. The number of carbonyl (C=O) groups excluding carboxylic acids is 1. The van der Waals surface area contributed by atoms with Crippen LogP contribution < -0.4 is 0 Å². The van der Waals surface area contributed by atoms with Crippen molar-refractivity contribution in [2.45, 2.75) is 117 Å². The molecule has 9 atom stereocenters. The molecule has 4 aliphatic carbocycles. The van der Waals surface area contributed by atoms with Crippen molar-refractivity contribution in [2.75, 3.05) is 32.8 Å². The summed E-state index contributed by atoms with van der Waals surface area (Å²) in [5.74, 6) is 1.82. The van der Waals surface area contributed by atoms with E-state index in [9.17, 15) is 9.90 Å². The first kappa shape index (κ1) is 27.9. The summed E-state index contributed by atoms with van der Waals surface area (Å²) in [6, 6.07) is 0. The summed E-state index contributed by atoms with van der Waals surface area (Å²) in [5, 5.41) is 10.5. The molecule has 5 fully saturated rings. The van der Waals surface area contributed by atoms with Gasteiger partial charge in [-0.05, 0) is 113 Å². The summed E-state index contributed by atoms with van der Waals surface area (Å²) in [6.07, 6.45) is 10.3. The quantitative estimate of drug-likeness (QED) is 0.432. The van der Waals surface area contributed by atoms with Crippen molar-refractivity contribution < 1.29 is 24.1 Å². The Morgan fingerprint density at radius 3 is 2.35 bits per heavy atom. The lowest BCUT2D eigenvalue weighted by molar-refractivity contribution is -0.237. The van der Waals surface area contributed by atoms with E-state index in [1.807, 2.05) is 0 Å². The highest BCUT2D eigenvalue weighted by molar-refractivity contribution is 5.72. The Morgan fingerprint density at radius 2 is 1.68 bits per heavy atom. The minimum atomic E-state index is -0.528. The molecule has 1 N–H and O–H groups in total. The van der Waals surface area contributed by atoms with Gasteiger partial charge in [-0.15, -0.1) is 0 Å². The lowest BCUT2D eigenvalue weighted by Crippen LogP contribution is -2.61. The molecule has 0 aromatic heterocycles. The van der Waals surface area contributed by atoms with E-state index in [-0.39, 0.29) is 29.0 Å². The molecule has 0 bridgehead atoms. The third-order valence-electron chi connectivity index (χ3n) is 11.8. The fourth-order valence-corrected chi connectivity index (χ4v) is 10.3. The Hall–Kier alpha value is -0.690. The maximum Gasteiger partial charge on any atom is 0.320 e. The highest BCUT2D eigenvalue weighted by Crippen LogP contribution is 2.69. The van der Waals surface area contributed by atoms with Crippen LogP contribution in [-0.2, 0) is 19.0 Å². The Morgan fingerprint density at radius 1 is 0.973 bits per heavy atom. The third kappa shape index (κ3) is 4.91. The maximum atomic E-state index is 13.5. The zero-order valence-corrected chi connectivity index (χ0v) is 24.2. The Labute approximate surface area is 225 Å². The molecule has 1 heterocycles. The molecule has 0 radical (unpaired) electrons. The van der Waals surface area contributed by atoms with Gasteiger partial charge in [0.2, 0.25) is 0 Å². The standard InChI is InChI=1S/C31H53NO5/c1-6-14-32(15-7-2)20-27(34)37-25-19-30(4)24(10-11-26(30)31(5)35-16-17-36-31)23-9-8-21-18-22(33)12-13-29(21,3)28(23)25/h21-26,28,33H,6-20H2,1-5H3/t21-,22+,23-,24-,25-,26-,28+,29-,30-/m0/s1. The number of ether oxygens (including phenoxy) is 3. The molecule has 6 heteroatoms. The lowest BCUT2D eigenvalue weighted by atomic mass is 9.43. The van der Waals surface area contributed by atoms with Crippen molar-refractivity contribution >= 4 is 5.97 Å². The van der Waals surface area contributed by atoms with E-state index in [2.05, 4.69) is 39.5 Å². The fraction of sp³-hybridized carbons (Fsp3) is 0.968. The van der Waals surface area contributed by atoms with Crippen LogP contribution in [0.2, 0.25) is 0 Å². The van der Waals surface area contributed by atoms with Gasteiger partial charge in [0.05, 0.1) is 25.9 Å². The number of aliphatic hydroxyl groups excluding tert-OH is 1. The maximum absolute atomic E-state index is 13.5. The molecule has 0 amide bonds. The molecular formula is C31H53NO5. The van der Waals surface area contributed by atoms with E-state index in [0.717, 1.165) is 58.0 Å². The van der Waals surface area contributed by atoms with Crippen molar-refractivity contribution in [3.05, 3.63) is 0 Å². The van der Waals surface area contributed by atoms with Crippen LogP contribution in [0.3, 0.4) is 0 Å². The molecule has 0 spiro atoms. The number of carbonyl (C=O) groups is 1. The van der Waals surface area contributed by atoms with Crippen LogP contribution in [-0.4, -0.2) is 66.8 Å². The molecule has 5 aliphatic rings. The summed E-state index contributed by atoms with van der Waals surface area (Å²) >= 11 is 0. The second kappa shape index (κ2) is 10.7. The first-order chi connectivity index (χ1) is 17.6. The van der Waals surface area contributed by atoms with Gasteiger partial charge in [0, 0.05) is 11.8 Å². The van der Waals surface area contributed by atoms with E-state index >= 15 is 0 Å². The van der Waals surface area contributed by atoms with Gasteiger partial charge in [-0.1, -0.05) is 27.7 Å². The average molecular weight is 520 g/mol. The Kier molecular flexibility index (Phi) is 8.06. The van der Waals surface area contributed by atoms with Gasteiger partial charge in [0.15, 0.2) is 5.79 Å². The molecule has 1 aliphatic heterocycles. The van der Waals surface area contributed by atoms with E-state index in [1.165, 1.54) is 19.3 Å². The summed E-state index contributed by atoms with van der Waals surface area (Å²) < 4.78 is 19.1. The minimum Gasteiger partial charge on any atom is -0.461 e.